The van der Waals surface area contributed by atoms with Gasteiger partial charge in [0, 0.05) is 6.54 Å². The predicted molar refractivity (Wildman–Crippen MR) is 48.9 cm³/mol. The molecule has 0 saturated carbocycles. The van der Waals surface area contributed by atoms with Crippen molar-refractivity contribution >= 4 is 11.9 Å². The Labute approximate surface area is 82.6 Å². The molecule has 1 unspecified atom stereocenters. The van der Waals surface area contributed by atoms with Gasteiger partial charge < -0.3 is 14.7 Å². The molecule has 1 atom stereocenters. The summed E-state index contributed by atoms with van der Waals surface area (Å²) in [6, 6.07) is -0.298. The number of carboxylic acid groups (broad SMARTS) is 1. The van der Waals surface area contributed by atoms with E-state index < -0.39 is 5.97 Å². The van der Waals surface area contributed by atoms with E-state index in [-0.39, 0.29) is 25.0 Å². The van der Waals surface area contributed by atoms with E-state index in [0.717, 1.165) is 6.42 Å². The van der Waals surface area contributed by atoms with Gasteiger partial charge in [-0.3, -0.25) is 9.59 Å². The normalized spacial score (nSPS) is 22.5. The predicted octanol–water partition coefficient (Wildman–Crippen LogP) is 0.0985. The summed E-state index contributed by atoms with van der Waals surface area (Å²) in [5.74, 6) is -1.00. The van der Waals surface area contributed by atoms with Crippen molar-refractivity contribution in [3.05, 3.63) is 0 Å². The lowest BCUT2D eigenvalue weighted by molar-refractivity contribution is -0.152. The number of nitrogens with zero attached hydrogens (tertiary/aromatic N) is 1. The third-order valence-electron chi connectivity index (χ3n) is 2.17. The van der Waals surface area contributed by atoms with Crippen LogP contribution >= 0.6 is 0 Å². The van der Waals surface area contributed by atoms with Crippen molar-refractivity contribution in [1.29, 1.82) is 0 Å². The fourth-order valence-corrected chi connectivity index (χ4v) is 1.58. The van der Waals surface area contributed by atoms with Gasteiger partial charge >= 0.3 is 5.97 Å². The molecular formula is C9H15NO4. The molecule has 1 rings (SSSR count). The summed E-state index contributed by atoms with van der Waals surface area (Å²) in [5, 5.41) is 8.64. The first-order valence-electron chi connectivity index (χ1n) is 4.74. The molecule has 1 amide bonds. The summed E-state index contributed by atoms with van der Waals surface area (Å²) in [4.78, 5) is 23.5. The zero-order valence-electron chi connectivity index (χ0n) is 8.23. The highest BCUT2D eigenvalue weighted by atomic mass is 16.5. The maximum atomic E-state index is 11.4. The van der Waals surface area contributed by atoms with Crippen LogP contribution in [0.1, 0.15) is 19.8 Å². The van der Waals surface area contributed by atoms with E-state index in [1.807, 2.05) is 6.92 Å². The Balaban J connectivity index is 2.59. The Hall–Kier alpha value is -1.10. The summed E-state index contributed by atoms with van der Waals surface area (Å²) < 4.78 is 5.02. The minimum Gasteiger partial charge on any atom is -0.481 e. The van der Waals surface area contributed by atoms with Crippen LogP contribution in [0, 0.1) is 0 Å². The van der Waals surface area contributed by atoms with Crippen LogP contribution in [-0.2, 0) is 14.3 Å². The van der Waals surface area contributed by atoms with Gasteiger partial charge in [-0.1, -0.05) is 6.92 Å². The van der Waals surface area contributed by atoms with E-state index in [2.05, 4.69) is 0 Å². The van der Waals surface area contributed by atoms with Crippen LogP contribution in [0.2, 0.25) is 0 Å². The highest BCUT2D eigenvalue weighted by molar-refractivity contribution is 5.79. The van der Waals surface area contributed by atoms with Crippen molar-refractivity contribution < 1.29 is 19.4 Å². The van der Waals surface area contributed by atoms with Crippen molar-refractivity contribution in [2.45, 2.75) is 25.8 Å². The fourth-order valence-electron chi connectivity index (χ4n) is 1.58. The van der Waals surface area contributed by atoms with Crippen molar-refractivity contribution in [3.63, 3.8) is 0 Å². The molecule has 14 heavy (non-hydrogen) atoms. The summed E-state index contributed by atoms with van der Waals surface area (Å²) in [7, 11) is 0. The van der Waals surface area contributed by atoms with Gasteiger partial charge in [-0.2, -0.15) is 0 Å². The molecule has 0 aliphatic carbocycles. The summed E-state index contributed by atoms with van der Waals surface area (Å²) in [5.41, 5.74) is 0. The molecule has 1 aliphatic heterocycles. The van der Waals surface area contributed by atoms with Crippen LogP contribution in [0.5, 0.6) is 0 Å². The van der Waals surface area contributed by atoms with Crippen LogP contribution in [0.3, 0.4) is 0 Å². The summed E-state index contributed by atoms with van der Waals surface area (Å²) in [6.45, 7) is 2.98. The number of amides is 1. The molecule has 0 aromatic carbocycles. The van der Waals surface area contributed by atoms with Gasteiger partial charge in [-0.15, -0.1) is 0 Å². The maximum absolute atomic E-state index is 11.4. The molecule has 0 radical (unpaired) electrons. The topological polar surface area (TPSA) is 66.8 Å². The Morgan fingerprint density at radius 1 is 1.71 bits per heavy atom. The molecule has 1 aliphatic rings. The molecule has 5 heteroatoms. The zero-order valence-corrected chi connectivity index (χ0v) is 8.23. The number of carbonyl (C=O) groups is 2. The Morgan fingerprint density at radius 2 is 2.43 bits per heavy atom. The highest BCUT2D eigenvalue weighted by Gasteiger charge is 2.29. The number of carboxylic acids is 1. The van der Waals surface area contributed by atoms with Gasteiger partial charge in [0.05, 0.1) is 19.1 Å². The van der Waals surface area contributed by atoms with Gasteiger partial charge in [-0.25, -0.2) is 0 Å². The Kier molecular flexibility index (Phi) is 3.88. The molecule has 1 heterocycles. The maximum Gasteiger partial charge on any atom is 0.305 e. The van der Waals surface area contributed by atoms with Gasteiger partial charge in [-0.05, 0) is 6.42 Å². The molecule has 1 N–H and O–H groups in total. The van der Waals surface area contributed by atoms with Crippen LogP contribution < -0.4 is 0 Å². The molecular weight excluding hydrogens is 186 g/mol. The first-order chi connectivity index (χ1) is 6.65. The highest BCUT2D eigenvalue weighted by Crippen LogP contribution is 2.12. The van der Waals surface area contributed by atoms with E-state index >= 15 is 0 Å². The third-order valence-corrected chi connectivity index (χ3v) is 2.17. The van der Waals surface area contributed by atoms with Gasteiger partial charge in [0.1, 0.15) is 6.61 Å². The number of ether oxygens (including phenoxy) is 1. The first kappa shape index (κ1) is 11.0. The average molecular weight is 201 g/mol. The second kappa shape index (κ2) is 4.95. The molecule has 5 nitrogen and oxygen atoms in total. The number of hydrogen-bond acceptors (Lipinski definition) is 3. The molecule has 0 aromatic rings. The number of morpholine rings is 1. The molecule has 0 bridgehead atoms. The van der Waals surface area contributed by atoms with Crippen molar-refractivity contribution in [2.75, 3.05) is 19.8 Å². The third kappa shape index (κ3) is 2.70. The Morgan fingerprint density at radius 3 is 3.00 bits per heavy atom. The van der Waals surface area contributed by atoms with Crippen LogP contribution in [-0.4, -0.2) is 47.7 Å². The van der Waals surface area contributed by atoms with Crippen molar-refractivity contribution in [1.82, 2.24) is 4.90 Å². The summed E-state index contributed by atoms with van der Waals surface area (Å²) in [6.07, 6.45) is 0.799. The SMILES string of the molecule is CCCN1C(=O)COCC1CC(=O)O. The fraction of sp³-hybridized carbons (Fsp3) is 0.778. The van der Waals surface area contributed by atoms with Crippen LogP contribution in [0.15, 0.2) is 0 Å². The number of aliphatic carboxylic acids is 1. The van der Waals surface area contributed by atoms with E-state index in [1.54, 1.807) is 4.90 Å². The molecule has 0 spiro atoms. The average Bonchev–Trinajstić information content (AvgIpc) is 2.10. The molecule has 1 saturated heterocycles. The van der Waals surface area contributed by atoms with E-state index in [0.29, 0.717) is 13.2 Å². The van der Waals surface area contributed by atoms with Gasteiger partial charge in [0.15, 0.2) is 0 Å². The zero-order chi connectivity index (χ0) is 10.6. The van der Waals surface area contributed by atoms with Gasteiger partial charge in [0.2, 0.25) is 5.91 Å². The molecule has 80 valence electrons. The lowest BCUT2D eigenvalue weighted by Gasteiger charge is -2.34. The molecule has 0 aromatic heterocycles. The van der Waals surface area contributed by atoms with Crippen molar-refractivity contribution in [2.24, 2.45) is 0 Å². The van der Waals surface area contributed by atoms with E-state index in [4.69, 9.17) is 9.84 Å². The van der Waals surface area contributed by atoms with Gasteiger partial charge in [0.25, 0.3) is 0 Å². The smallest absolute Gasteiger partial charge is 0.305 e. The lowest BCUT2D eigenvalue weighted by atomic mass is 10.1. The second-order valence-electron chi connectivity index (χ2n) is 3.35. The summed E-state index contributed by atoms with van der Waals surface area (Å²) >= 11 is 0. The monoisotopic (exact) mass is 201 g/mol. The molecule has 1 fully saturated rings. The largest absolute Gasteiger partial charge is 0.481 e. The number of carbonyl (C=O) groups excluding carboxylic acids is 1. The minimum absolute atomic E-state index is 0.0360. The van der Waals surface area contributed by atoms with Crippen LogP contribution in [0.25, 0.3) is 0 Å². The second-order valence-corrected chi connectivity index (χ2v) is 3.35. The minimum atomic E-state index is -0.894. The quantitative estimate of drug-likeness (QED) is 0.700. The number of hydrogen-bond donors (Lipinski definition) is 1. The first-order valence-corrected chi connectivity index (χ1v) is 4.74. The van der Waals surface area contributed by atoms with E-state index in [9.17, 15) is 9.59 Å². The van der Waals surface area contributed by atoms with E-state index in [1.165, 1.54) is 0 Å². The van der Waals surface area contributed by atoms with Crippen molar-refractivity contribution in [3.8, 4) is 0 Å². The number of rotatable bonds is 4. The standard InChI is InChI=1S/C9H15NO4/c1-2-3-10-7(4-9(12)13)5-14-6-8(10)11/h7H,2-6H2,1H3,(H,12,13). The van der Waals surface area contributed by atoms with Crippen LogP contribution in [0.4, 0.5) is 0 Å². The Bertz CT molecular complexity index is 229. The lowest BCUT2D eigenvalue weighted by Crippen LogP contribution is -2.50.